The van der Waals surface area contributed by atoms with E-state index in [9.17, 15) is 34.7 Å². The third kappa shape index (κ3) is 6.00. The quantitative estimate of drug-likeness (QED) is 0.257. The molecule has 0 aliphatic heterocycles. The van der Waals surface area contributed by atoms with Crippen LogP contribution >= 0.6 is 15.9 Å². The number of halogens is 1. The van der Waals surface area contributed by atoms with Crippen LogP contribution in [0.25, 0.3) is 11.3 Å². The Balaban J connectivity index is 1.77. The Morgan fingerprint density at radius 2 is 1.86 bits per heavy atom. The lowest BCUT2D eigenvalue weighted by atomic mass is 10.0. The van der Waals surface area contributed by atoms with E-state index in [0.717, 1.165) is 10.6 Å². The molecule has 0 saturated heterocycles. The zero-order valence-corrected chi connectivity index (χ0v) is 21.0. The topological polar surface area (TPSA) is 184 Å². The number of pyridine rings is 1. The van der Waals surface area contributed by atoms with E-state index < -0.39 is 29.9 Å². The molecular formula is C24H19BrN4O8. The number of carboxylic acid groups (broad SMARTS) is 2. The molecule has 2 heterocycles. The van der Waals surface area contributed by atoms with Gasteiger partial charge in [0.25, 0.3) is 11.5 Å². The highest BCUT2D eigenvalue weighted by atomic mass is 79.9. The van der Waals surface area contributed by atoms with Gasteiger partial charge in [0.1, 0.15) is 29.7 Å². The number of carbonyl (C=O) groups is 3. The normalized spacial score (nSPS) is 10.9. The number of nitrogens with zero attached hydrogens (tertiary/aromatic N) is 3. The molecule has 0 aliphatic carbocycles. The van der Waals surface area contributed by atoms with Crippen LogP contribution in [0.5, 0.6) is 0 Å². The molecule has 1 amide bonds. The third-order valence-electron chi connectivity index (χ3n) is 5.17. The van der Waals surface area contributed by atoms with Gasteiger partial charge in [-0.1, -0.05) is 0 Å². The van der Waals surface area contributed by atoms with Crippen molar-refractivity contribution in [3.05, 3.63) is 78.9 Å². The second kappa shape index (κ2) is 11.5. The largest absolute Gasteiger partial charge is 0.478 e. The summed E-state index contributed by atoms with van der Waals surface area (Å²) in [6.07, 6.45) is 1.18. The van der Waals surface area contributed by atoms with Crippen LogP contribution in [0.4, 0.5) is 0 Å². The van der Waals surface area contributed by atoms with Gasteiger partial charge in [-0.3, -0.25) is 9.59 Å². The third-order valence-corrected chi connectivity index (χ3v) is 6.22. The number of nitriles is 1. The van der Waals surface area contributed by atoms with Crippen LogP contribution in [-0.2, 0) is 22.7 Å². The number of aromatic nitrogens is 1. The molecule has 3 rings (SSSR count). The van der Waals surface area contributed by atoms with Crippen molar-refractivity contribution < 1.29 is 33.8 Å². The average molecular weight is 571 g/mol. The number of amides is 1. The SMILES string of the molecule is COCc1c(Br)c(C)n(CC(=O)N/N=C/c2ccc(-c3cc(C(=O)O)cc(C(=O)O)c3)o2)c(=O)c1C#N. The molecule has 2 aromatic heterocycles. The first-order chi connectivity index (χ1) is 17.6. The van der Waals surface area contributed by atoms with Crippen LogP contribution in [-0.4, -0.2) is 46.0 Å². The van der Waals surface area contributed by atoms with Crippen molar-refractivity contribution in [3.8, 4) is 17.4 Å². The molecule has 1 aromatic carbocycles. The van der Waals surface area contributed by atoms with Crippen LogP contribution in [0.2, 0.25) is 0 Å². The van der Waals surface area contributed by atoms with Crippen molar-refractivity contribution in [1.29, 1.82) is 5.26 Å². The molecule has 3 aromatic rings. The van der Waals surface area contributed by atoms with Gasteiger partial charge in [-0.2, -0.15) is 10.4 Å². The fourth-order valence-corrected chi connectivity index (χ4v) is 3.92. The van der Waals surface area contributed by atoms with Crippen molar-refractivity contribution in [1.82, 2.24) is 9.99 Å². The first-order valence-corrected chi connectivity index (χ1v) is 11.2. The summed E-state index contributed by atoms with van der Waals surface area (Å²) in [4.78, 5) is 47.8. The molecule has 0 aliphatic rings. The van der Waals surface area contributed by atoms with E-state index in [1.165, 1.54) is 37.6 Å². The smallest absolute Gasteiger partial charge is 0.335 e. The minimum atomic E-state index is -1.29. The van der Waals surface area contributed by atoms with Gasteiger partial charge >= 0.3 is 11.9 Å². The zero-order chi connectivity index (χ0) is 27.3. The molecule has 0 spiro atoms. The first-order valence-electron chi connectivity index (χ1n) is 10.4. The molecule has 0 atom stereocenters. The Hall–Kier alpha value is -4.54. The number of furan rings is 1. The summed E-state index contributed by atoms with van der Waals surface area (Å²) in [7, 11) is 1.43. The molecule has 0 radical (unpaired) electrons. The predicted octanol–water partition coefficient (Wildman–Crippen LogP) is 2.74. The fourth-order valence-electron chi connectivity index (χ4n) is 3.39. The van der Waals surface area contributed by atoms with Gasteiger partial charge in [0, 0.05) is 28.4 Å². The number of nitrogens with one attached hydrogen (secondary N) is 1. The second-order valence-corrected chi connectivity index (χ2v) is 8.39. The lowest BCUT2D eigenvalue weighted by Gasteiger charge is -2.15. The van der Waals surface area contributed by atoms with Crippen LogP contribution in [0.15, 0.2) is 49.1 Å². The number of carboxylic acids is 2. The molecule has 3 N–H and O–H groups in total. The summed E-state index contributed by atoms with van der Waals surface area (Å²) in [5.41, 5.74) is 2.07. The van der Waals surface area contributed by atoms with Crippen molar-refractivity contribution in [2.45, 2.75) is 20.1 Å². The number of benzene rings is 1. The number of carbonyl (C=O) groups excluding carboxylic acids is 1. The molecule has 12 nitrogen and oxygen atoms in total. The molecule has 190 valence electrons. The Morgan fingerprint density at radius 1 is 1.22 bits per heavy atom. The van der Waals surface area contributed by atoms with Crippen molar-refractivity contribution in [2.75, 3.05) is 7.11 Å². The lowest BCUT2D eigenvalue weighted by molar-refractivity contribution is -0.121. The summed E-state index contributed by atoms with van der Waals surface area (Å²) in [6.45, 7) is 1.24. The van der Waals surface area contributed by atoms with Crippen LogP contribution < -0.4 is 11.0 Å². The number of methoxy groups -OCH3 is 1. The summed E-state index contributed by atoms with van der Waals surface area (Å²) in [5.74, 6) is -2.87. The van der Waals surface area contributed by atoms with Crippen molar-refractivity contribution in [3.63, 3.8) is 0 Å². The number of aromatic carboxylic acids is 2. The summed E-state index contributed by atoms with van der Waals surface area (Å²) in [5, 5.41) is 31.6. The highest BCUT2D eigenvalue weighted by Crippen LogP contribution is 2.25. The Labute approximate surface area is 217 Å². The monoisotopic (exact) mass is 570 g/mol. The molecule has 0 fully saturated rings. The maximum atomic E-state index is 12.7. The summed E-state index contributed by atoms with van der Waals surface area (Å²) < 4.78 is 12.2. The Morgan fingerprint density at radius 3 is 2.43 bits per heavy atom. The number of hydrogen-bond donors (Lipinski definition) is 3. The van der Waals surface area contributed by atoms with Gasteiger partial charge in [0.2, 0.25) is 0 Å². The van der Waals surface area contributed by atoms with E-state index in [1.807, 2.05) is 6.07 Å². The van der Waals surface area contributed by atoms with Crippen LogP contribution in [0, 0.1) is 18.3 Å². The Kier molecular flexibility index (Phi) is 8.38. The van der Waals surface area contributed by atoms with Gasteiger partial charge in [-0.05, 0) is 53.2 Å². The van der Waals surface area contributed by atoms with E-state index in [0.29, 0.717) is 15.7 Å². The lowest BCUT2D eigenvalue weighted by Crippen LogP contribution is -2.33. The van der Waals surface area contributed by atoms with Crippen molar-refractivity contribution in [2.24, 2.45) is 5.10 Å². The number of hydrazone groups is 1. The van der Waals surface area contributed by atoms with E-state index >= 15 is 0 Å². The maximum absolute atomic E-state index is 12.7. The summed E-state index contributed by atoms with van der Waals surface area (Å²) in [6, 6.07) is 8.38. The molecule has 13 heteroatoms. The first kappa shape index (κ1) is 27.1. The standard InChI is InChI=1S/C24H19BrN4O8/c1-12-21(25)18(11-36-2)17(8-26)22(31)29(12)10-20(30)28-27-9-16-3-4-19(37-16)13-5-14(23(32)33)7-15(6-13)24(34)35/h3-7,9H,10-11H2,1-2H3,(H,28,30)(H,32,33)(H,34,35)/b27-9+. The van der Waals surface area contributed by atoms with Crippen LogP contribution in [0.3, 0.4) is 0 Å². The van der Waals surface area contributed by atoms with Gasteiger partial charge in [0.15, 0.2) is 0 Å². The maximum Gasteiger partial charge on any atom is 0.335 e. The second-order valence-electron chi connectivity index (χ2n) is 7.59. The fraction of sp³-hybridized carbons (Fsp3) is 0.167. The van der Waals surface area contributed by atoms with Gasteiger partial charge in [0.05, 0.1) is 23.9 Å². The Bertz CT molecular complexity index is 1500. The molecule has 0 unspecified atom stereocenters. The average Bonchev–Trinajstić information content (AvgIpc) is 3.34. The van der Waals surface area contributed by atoms with Gasteiger partial charge < -0.3 is 23.9 Å². The highest BCUT2D eigenvalue weighted by Gasteiger charge is 2.19. The molecule has 37 heavy (non-hydrogen) atoms. The van der Waals surface area contributed by atoms with E-state index in [2.05, 4.69) is 26.5 Å². The minimum Gasteiger partial charge on any atom is -0.478 e. The van der Waals surface area contributed by atoms with Gasteiger partial charge in [-0.25, -0.2) is 15.0 Å². The minimum absolute atomic E-state index is 0.0419. The van der Waals surface area contributed by atoms with E-state index in [1.54, 1.807) is 6.92 Å². The number of ether oxygens (including phenoxy) is 1. The number of rotatable bonds is 9. The number of hydrogen-bond acceptors (Lipinski definition) is 8. The highest BCUT2D eigenvalue weighted by molar-refractivity contribution is 9.10. The molecular weight excluding hydrogens is 552 g/mol. The van der Waals surface area contributed by atoms with E-state index in [4.69, 9.17) is 9.15 Å². The van der Waals surface area contributed by atoms with Crippen LogP contribution in [0.1, 0.15) is 43.3 Å². The molecule has 0 bridgehead atoms. The molecule has 0 saturated carbocycles. The van der Waals surface area contributed by atoms with E-state index in [-0.39, 0.29) is 40.4 Å². The van der Waals surface area contributed by atoms with Crippen molar-refractivity contribution >= 4 is 40.0 Å². The zero-order valence-electron chi connectivity index (χ0n) is 19.4. The predicted molar refractivity (Wildman–Crippen MR) is 132 cm³/mol. The van der Waals surface area contributed by atoms with Gasteiger partial charge in [-0.15, -0.1) is 0 Å². The summed E-state index contributed by atoms with van der Waals surface area (Å²) >= 11 is 3.35.